The van der Waals surface area contributed by atoms with E-state index in [2.05, 4.69) is 63.6 Å². The molecule has 0 aliphatic rings. The van der Waals surface area contributed by atoms with Gasteiger partial charge in [0.1, 0.15) is 17.5 Å². The van der Waals surface area contributed by atoms with Crippen molar-refractivity contribution in [3.05, 3.63) is 65.0 Å². The molecule has 0 unspecified atom stereocenters. The van der Waals surface area contributed by atoms with Crippen molar-refractivity contribution in [1.82, 2.24) is 14.5 Å². The number of nitrogens with zero attached hydrogens (tertiary/aromatic N) is 3. The maximum absolute atomic E-state index is 14.4. The van der Waals surface area contributed by atoms with Crippen molar-refractivity contribution in [2.45, 2.75) is 85.3 Å². The Hall–Kier alpha value is -2.58. The van der Waals surface area contributed by atoms with Crippen molar-refractivity contribution in [2.75, 3.05) is 6.54 Å². The van der Waals surface area contributed by atoms with E-state index in [0.717, 1.165) is 53.6 Å². The Morgan fingerprint density at radius 2 is 1.81 bits per heavy atom. The summed E-state index contributed by atoms with van der Waals surface area (Å²) in [7, 11) is -1.89. The number of fused-ring (bicyclic) bond motifs is 1. The van der Waals surface area contributed by atoms with Crippen LogP contribution >= 0.6 is 0 Å². The highest BCUT2D eigenvalue weighted by Gasteiger charge is 2.37. The first kappa shape index (κ1) is 28.0. The van der Waals surface area contributed by atoms with Gasteiger partial charge in [-0.3, -0.25) is 4.79 Å². The predicted octanol–water partition coefficient (Wildman–Crippen LogP) is 7.30. The molecule has 1 heterocycles. The van der Waals surface area contributed by atoms with Crippen LogP contribution in [-0.2, 0) is 24.1 Å². The molecular formula is C28H39F2N3O2Si. The molecule has 0 aliphatic carbocycles. The fourth-order valence-corrected chi connectivity index (χ4v) is 4.87. The van der Waals surface area contributed by atoms with Gasteiger partial charge < -0.3 is 13.9 Å². The minimum absolute atomic E-state index is 0.128. The third-order valence-corrected chi connectivity index (χ3v) is 11.5. The van der Waals surface area contributed by atoms with Crippen LogP contribution in [-0.4, -0.2) is 35.2 Å². The second kappa shape index (κ2) is 11.2. The third kappa shape index (κ3) is 6.21. The lowest BCUT2D eigenvalue weighted by molar-refractivity contribution is 0.0732. The summed E-state index contributed by atoms with van der Waals surface area (Å²) in [6, 6.07) is 9.16. The van der Waals surface area contributed by atoms with Crippen LogP contribution in [0.2, 0.25) is 18.1 Å². The number of aromatic nitrogens is 2. The molecule has 196 valence electrons. The van der Waals surface area contributed by atoms with Gasteiger partial charge in [0.25, 0.3) is 5.91 Å². The number of amides is 1. The highest BCUT2D eigenvalue weighted by molar-refractivity contribution is 6.74. The van der Waals surface area contributed by atoms with Crippen molar-refractivity contribution in [3.63, 3.8) is 0 Å². The van der Waals surface area contributed by atoms with Crippen molar-refractivity contribution in [3.8, 4) is 0 Å². The summed E-state index contributed by atoms with van der Waals surface area (Å²) in [5.74, 6) is -1.17. The number of benzene rings is 2. The van der Waals surface area contributed by atoms with Crippen LogP contribution in [0, 0.1) is 11.6 Å². The summed E-state index contributed by atoms with van der Waals surface area (Å²) < 4.78 is 36.6. The predicted molar refractivity (Wildman–Crippen MR) is 143 cm³/mol. The van der Waals surface area contributed by atoms with E-state index in [9.17, 15) is 13.6 Å². The first-order valence-corrected chi connectivity index (χ1v) is 15.6. The Bertz CT molecular complexity index is 1220. The lowest BCUT2D eigenvalue weighted by Gasteiger charge is -2.36. The van der Waals surface area contributed by atoms with E-state index in [-0.39, 0.29) is 17.1 Å². The van der Waals surface area contributed by atoms with Gasteiger partial charge in [0.15, 0.2) is 8.32 Å². The topological polar surface area (TPSA) is 47.4 Å². The number of imidazole rings is 1. The van der Waals surface area contributed by atoms with E-state index in [1.165, 1.54) is 0 Å². The minimum Gasteiger partial charge on any atom is -0.413 e. The van der Waals surface area contributed by atoms with Crippen molar-refractivity contribution in [1.29, 1.82) is 0 Å². The molecule has 3 rings (SSSR count). The number of rotatable bonds is 10. The molecule has 8 heteroatoms. The van der Waals surface area contributed by atoms with Crippen LogP contribution in [0.1, 0.15) is 69.2 Å². The summed E-state index contributed by atoms with van der Waals surface area (Å²) in [6.45, 7) is 17.1. The molecule has 3 aromatic rings. The summed E-state index contributed by atoms with van der Waals surface area (Å²) in [4.78, 5) is 19.6. The molecule has 1 amide bonds. The SMILES string of the molecule is CCCN(Cc1nc2cc(CO[Si](C)(C)C(C)(C)C)ccc2n1CCC)C(=O)c1cc(F)ccc1F. The maximum atomic E-state index is 14.4. The molecule has 0 saturated heterocycles. The van der Waals surface area contributed by atoms with Gasteiger partial charge in [0, 0.05) is 13.1 Å². The van der Waals surface area contributed by atoms with Crippen LogP contribution in [0.4, 0.5) is 8.78 Å². The fraction of sp³-hybridized carbons (Fsp3) is 0.500. The Labute approximate surface area is 214 Å². The second-order valence-corrected chi connectivity index (χ2v) is 15.7. The molecule has 0 radical (unpaired) electrons. The van der Waals surface area contributed by atoms with Gasteiger partial charge in [0.2, 0.25) is 0 Å². The van der Waals surface area contributed by atoms with E-state index < -0.39 is 25.9 Å². The smallest absolute Gasteiger partial charge is 0.257 e. The van der Waals surface area contributed by atoms with Crippen molar-refractivity contribution in [2.24, 2.45) is 0 Å². The number of carbonyl (C=O) groups excluding carboxylic acids is 1. The standard InChI is InChI=1S/C28H39F2N3O2Si/c1-8-14-32(27(34)22-17-21(29)11-12-23(22)30)18-26-31-24-16-20(10-13-25(24)33(26)15-9-2)19-35-36(6,7)28(3,4)5/h10-13,16-17H,8-9,14-15,18-19H2,1-7H3. The number of aryl methyl sites for hydroxylation is 1. The zero-order valence-corrected chi connectivity index (χ0v) is 23.6. The van der Waals surface area contributed by atoms with Gasteiger partial charge >= 0.3 is 0 Å². The molecule has 36 heavy (non-hydrogen) atoms. The van der Waals surface area contributed by atoms with Crippen LogP contribution in [0.3, 0.4) is 0 Å². The summed E-state index contributed by atoms with van der Waals surface area (Å²) in [5.41, 5.74) is 2.63. The molecule has 0 aliphatic heterocycles. The van der Waals surface area contributed by atoms with Gasteiger partial charge in [-0.25, -0.2) is 13.8 Å². The van der Waals surface area contributed by atoms with Crippen LogP contribution in [0.25, 0.3) is 11.0 Å². The second-order valence-electron chi connectivity index (χ2n) is 10.9. The Morgan fingerprint density at radius 1 is 1.08 bits per heavy atom. The molecule has 0 atom stereocenters. The zero-order valence-electron chi connectivity index (χ0n) is 22.6. The average Bonchev–Trinajstić information content (AvgIpc) is 3.14. The number of hydrogen-bond acceptors (Lipinski definition) is 3. The molecule has 1 aromatic heterocycles. The summed E-state index contributed by atoms with van der Waals surface area (Å²) in [6.07, 6.45) is 1.58. The largest absolute Gasteiger partial charge is 0.413 e. The van der Waals surface area contributed by atoms with E-state index in [0.29, 0.717) is 19.6 Å². The maximum Gasteiger partial charge on any atom is 0.257 e. The molecular weight excluding hydrogens is 476 g/mol. The highest BCUT2D eigenvalue weighted by Crippen LogP contribution is 2.37. The van der Waals surface area contributed by atoms with Gasteiger partial charge in [0.05, 0.1) is 29.7 Å². The van der Waals surface area contributed by atoms with Crippen LogP contribution in [0.15, 0.2) is 36.4 Å². The lowest BCUT2D eigenvalue weighted by atomic mass is 10.1. The van der Waals surface area contributed by atoms with E-state index in [1.54, 1.807) is 4.90 Å². The normalized spacial score (nSPS) is 12.4. The molecule has 0 bridgehead atoms. The third-order valence-electron chi connectivity index (χ3n) is 7.02. The van der Waals surface area contributed by atoms with Gasteiger partial charge in [-0.15, -0.1) is 0 Å². The molecule has 0 fully saturated rings. The average molecular weight is 516 g/mol. The van der Waals surface area contributed by atoms with Crippen molar-refractivity contribution < 1.29 is 18.0 Å². The van der Waals surface area contributed by atoms with E-state index in [4.69, 9.17) is 9.41 Å². The first-order chi connectivity index (χ1) is 16.9. The lowest BCUT2D eigenvalue weighted by Crippen LogP contribution is -2.40. The number of carbonyl (C=O) groups is 1. The van der Waals surface area contributed by atoms with Gasteiger partial charge in [-0.2, -0.15) is 0 Å². The van der Waals surface area contributed by atoms with Crippen LogP contribution in [0.5, 0.6) is 0 Å². The van der Waals surface area contributed by atoms with Crippen LogP contribution < -0.4 is 0 Å². The quantitative estimate of drug-likeness (QED) is 0.266. The Kier molecular flexibility index (Phi) is 8.72. The number of halogens is 2. The Morgan fingerprint density at radius 3 is 2.44 bits per heavy atom. The molecule has 0 N–H and O–H groups in total. The van der Waals surface area contributed by atoms with E-state index in [1.807, 2.05) is 6.92 Å². The monoisotopic (exact) mass is 515 g/mol. The first-order valence-electron chi connectivity index (χ1n) is 12.7. The summed E-state index contributed by atoms with van der Waals surface area (Å²) >= 11 is 0. The zero-order chi connectivity index (χ0) is 26.7. The number of hydrogen-bond donors (Lipinski definition) is 0. The minimum atomic E-state index is -1.89. The summed E-state index contributed by atoms with van der Waals surface area (Å²) in [5, 5.41) is 0.128. The molecule has 5 nitrogen and oxygen atoms in total. The van der Waals surface area contributed by atoms with Gasteiger partial charge in [-0.05, 0) is 66.9 Å². The molecule has 0 spiro atoms. The highest BCUT2D eigenvalue weighted by atomic mass is 28.4. The van der Waals surface area contributed by atoms with E-state index >= 15 is 0 Å². The van der Waals surface area contributed by atoms with Gasteiger partial charge in [-0.1, -0.05) is 40.7 Å². The molecule has 2 aromatic carbocycles. The van der Waals surface area contributed by atoms with Crippen molar-refractivity contribution >= 4 is 25.3 Å². The Balaban J connectivity index is 1.92. The fourth-order valence-electron chi connectivity index (χ4n) is 3.91. The molecule has 0 saturated carbocycles.